The summed E-state index contributed by atoms with van der Waals surface area (Å²) < 4.78 is 14.5. The van der Waals surface area contributed by atoms with Crippen LogP contribution in [0.25, 0.3) is 10.9 Å². The maximum Gasteiger partial charge on any atom is 0.377 e. The molecule has 0 amide bonds. The number of rotatable bonds is 2. The van der Waals surface area contributed by atoms with Gasteiger partial charge >= 0.3 is 5.97 Å². The van der Waals surface area contributed by atoms with Gasteiger partial charge in [-0.1, -0.05) is 5.16 Å². The van der Waals surface area contributed by atoms with Crippen LogP contribution in [0.15, 0.2) is 22.7 Å². The van der Waals surface area contributed by atoms with Crippen LogP contribution in [0.4, 0.5) is 0 Å². The SMILES string of the molecule is COC(=O)c1onc2ccc(OC)cc12. The van der Waals surface area contributed by atoms with Crippen molar-refractivity contribution in [2.24, 2.45) is 0 Å². The number of ether oxygens (including phenoxy) is 2. The third-order valence-electron chi connectivity index (χ3n) is 2.05. The monoisotopic (exact) mass is 207 g/mol. The molecule has 1 aromatic heterocycles. The molecule has 0 atom stereocenters. The molecule has 5 heteroatoms. The molecule has 15 heavy (non-hydrogen) atoms. The van der Waals surface area contributed by atoms with Gasteiger partial charge in [-0.25, -0.2) is 4.79 Å². The molecule has 0 aliphatic rings. The van der Waals surface area contributed by atoms with E-state index in [9.17, 15) is 4.79 Å². The lowest BCUT2D eigenvalue weighted by atomic mass is 10.2. The van der Waals surface area contributed by atoms with Gasteiger partial charge in [-0.2, -0.15) is 0 Å². The van der Waals surface area contributed by atoms with Crippen molar-refractivity contribution in [2.75, 3.05) is 14.2 Å². The average Bonchev–Trinajstić information content (AvgIpc) is 2.70. The van der Waals surface area contributed by atoms with Gasteiger partial charge in [0.2, 0.25) is 0 Å². The number of hydrogen-bond acceptors (Lipinski definition) is 5. The summed E-state index contributed by atoms with van der Waals surface area (Å²) in [5.41, 5.74) is 0.594. The van der Waals surface area contributed by atoms with Crippen molar-refractivity contribution in [3.8, 4) is 5.75 Å². The highest BCUT2D eigenvalue weighted by atomic mass is 16.5. The minimum absolute atomic E-state index is 0.0893. The first-order chi connectivity index (χ1) is 7.26. The smallest absolute Gasteiger partial charge is 0.377 e. The zero-order valence-corrected chi connectivity index (χ0v) is 8.31. The van der Waals surface area contributed by atoms with Gasteiger partial charge in [0.05, 0.1) is 19.6 Å². The van der Waals surface area contributed by atoms with Gasteiger partial charge in [0.15, 0.2) is 0 Å². The Kier molecular flexibility index (Phi) is 2.29. The Morgan fingerprint density at radius 3 is 2.87 bits per heavy atom. The number of hydrogen-bond donors (Lipinski definition) is 0. The normalized spacial score (nSPS) is 10.3. The summed E-state index contributed by atoms with van der Waals surface area (Å²) in [5.74, 6) is 0.174. The van der Waals surface area contributed by atoms with Gasteiger partial charge in [-0.3, -0.25) is 0 Å². The molecule has 0 N–H and O–H groups in total. The average molecular weight is 207 g/mol. The zero-order chi connectivity index (χ0) is 10.8. The van der Waals surface area contributed by atoms with E-state index in [0.717, 1.165) is 0 Å². The predicted octanol–water partition coefficient (Wildman–Crippen LogP) is 1.62. The van der Waals surface area contributed by atoms with Crippen molar-refractivity contribution in [3.05, 3.63) is 24.0 Å². The summed E-state index contributed by atoms with van der Waals surface area (Å²) in [6.45, 7) is 0. The van der Waals surface area contributed by atoms with Crippen LogP contribution in [0, 0.1) is 0 Å². The van der Waals surface area contributed by atoms with Gasteiger partial charge in [0, 0.05) is 0 Å². The number of esters is 1. The van der Waals surface area contributed by atoms with Crippen molar-refractivity contribution in [1.82, 2.24) is 5.16 Å². The maximum absolute atomic E-state index is 11.3. The Hall–Kier alpha value is -2.04. The molecule has 0 saturated heterocycles. The number of methoxy groups -OCH3 is 2. The Bertz CT molecular complexity index is 503. The van der Waals surface area contributed by atoms with Gasteiger partial charge < -0.3 is 14.0 Å². The van der Waals surface area contributed by atoms with Gasteiger partial charge in [-0.05, 0) is 18.2 Å². The van der Waals surface area contributed by atoms with Crippen LogP contribution in [-0.4, -0.2) is 25.3 Å². The second-order valence-electron chi connectivity index (χ2n) is 2.89. The molecule has 1 aromatic carbocycles. The molecular formula is C10H9NO4. The first-order valence-electron chi connectivity index (χ1n) is 4.28. The zero-order valence-electron chi connectivity index (χ0n) is 8.31. The van der Waals surface area contributed by atoms with Crippen LogP contribution in [0.5, 0.6) is 5.75 Å². The second-order valence-corrected chi connectivity index (χ2v) is 2.89. The standard InChI is InChI=1S/C10H9NO4/c1-13-6-3-4-8-7(5-6)9(15-11-8)10(12)14-2/h3-5H,1-2H3. The number of carbonyl (C=O) groups is 1. The van der Waals surface area contributed by atoms with Crippen LogP contribution in [0.3, 0.4) is 0 Å². The van der Waals surface area contributed by atoms with E-state index < -0.39 is 5.97 Å². The fraction of sp³-hybridized carbons (Fsp3) is 0.200. The molecule has 2 aromatic rings. The van der Waals surface area contributed by atoms with Crippen molar-refractivity contribution >= 4 is 16.9 Å². The second kappa shape index (κ2) is 3.61. The summed E-state index contributed by atoms with van der Waals surface area (Å²) in [5, 5.41) is 4.32. The van der Waals surface area contributed by atoms with E-state index >= 15 is 0 Å². The summed E-state index contributed by atoms with van der Waals surface area (Å²) >= 11 is 0. The van der Waals surface area contributed by atoms with Gasteiger partial charge in [0.1, 0.15) is 11.3 Å². The van der Waals surface area contributed by atoms with Gasteiger partial charge in [-0.15, -0.1) is 0 Å². The molecule has 0 aliphatic carbocycles. The lowest BCUT2D eigenvalue weighted by Gasteiger charge is -1.98. The first kappa shape index (κ1) is 9.51. The predicted molar refractivity (Wildman–Crippen MR) is 51.9 cm³/mol. The quantitative estimate of drug-likeness (QED) is 0.700. The Balaban J connectivity index is 2.61. The first-order valence-corrected chi connectivity index (χ1v) is 4.28. The molecule has 0 fully saturated rings. The van der Waals surface area contributed by atoms with E-state index in [1.807, 2.05) is 0 Å². The largest absolute Gasteiger partial charge is 0.497 e. The summed E-state index contributed by atoms with van der Waals surface area (Å²) in [6.07, 6.45) is 0. The Labute approximate surface area is 85.6 Å². The minimum atomic E-state index is -0.550. The fourth-order valence-electron chi connectivity index (χ4n) is 1.29. The number of fused-ring (bicyclic) bond motifs is 1. The third kappa shape index (κ3) is 1.52. The lowest BCUT2D eigenvalue weighted by molar-refractivity contribution is 0.0558. The van der Waals surface area contributed by atoms with Crippen LogP contribution in [-0.2, 0) is 4.74 Å². The van der Waals surface area contributed by atoms with Crippen molar-refractivity contribution in [2.45, 2.75) is 0 Å². The topological polar surface area (TPSA) is 61.6 Å². The van der Waals surface area contributed by atoms with E-state index in [4.69, 9.17) is 9.26 Å². The highest BCUT2D eigenvalue weighted by molar-refractivity contribution is 6.01. The molecule has 1 heterocycles. The van der Waals surface area contributed by atoms with E-state index in [1.165, 1.54) is 7.11 Å². The van der Waals surface area contributed by atoms with Crippen LogP contribution < -0.4 is 4.74 Å². The van der Waals surface area contributed by atoms with Crippen LogP contribution in [0.2, 0.25) is 0 Å². The minimum Gasteiger partial charge on any atom is -0.497 e. The van der Waals surface area contributed by atoms with Crippen molar-refractivity contribution < 1.29 is 18.8 Å². The van der Waals surface area contributed by atoms with E-state index in [1.54, 1.807) is 25.3 Å². The highest BCUT2D eigenvalue weighted by Gasteiger charge is 2.17. The molecular weight excluding hydrogens is 198 g/mol. The summed E-state index contributed by atoms with van der Waals surface area (Å²) in [6, 6.07) is 5.13. The molecule has 0 bridgehead atoms. The summed E-state index contributed by atoms with van der Waals surface area (Å²) in [4.78, 5) is 11.3. The highest BCUT2D eigenvalue weighted by Crippen LogP contribution is 2.23. The van der Waals surface area contributed by atoms with E-state index in [2.05, 4.69) is 9.89 Å². The van der Waals surface area contributed by atoms with Crippen LogP contribution in [0.1, 0.15) is 10.6 Å². The van der Waals surface area contributed by atoms with Crippen LogP contribution >= 0.6 is 0 Å². The number of aromatic nitrogens is 1. The molecule has 0 unspecified atom stereocenters. The summed E-state index contributed by atoms with van der Waals surface area (Å²) in [7, 11) is 2.84. The third-order valence-corrected chi connectivity index (χ3v) is 2.05. The van der Waals surface area contributed by atoms with Crippen molar-refractivity contribution in [1.29, 1.82) is 0 Å². The molecule has 0 radical (unpaired) electrons. The van der Waals surface area contributed by atoms with Crippen molar-refractivity contribution in [3.63, 3.8) is 0 Å². The molecule has 0 spiro atoms. The Morgan fingerprint density at radius 2 is 2.20 bits per heavy atom. The molecule has 0 saturated carbocycles. The molecule has 0 aliphatic heterocycles. The fourth-order valence-corrected chi connectivity index (χ4v) is 1.29. The number of nitrogens with zero attached hydrogens (tertiary/aromatic N) is 1. The lowest BCUT2D eigenvalue weighted by Crippen LogP contribution is -1.99. The molecule has 5 nitrogen and oxygen atoms in total. The van der Waals surface area contributed by atoms with E-state index in [-0.39, 0.29) is 5.76 Å². The number of benzene rings is 1. The molecule has 2 rings (SSSR count). The van der Waals surface area contributed by atoms with E-state index in [0.29, 0.717) is 16.7 Å². The maximum atomic E-state index is 11.3. The van der Waals surface area contributed by atoms with Gasteiger partial charge in [0.25, 0.3) is 5.76 Å². The molecule has 78 valence electrons. The Morgan fingerprint density at radius 1 is 1.40 bits per heavy atom. The number of carbonyl (C=O) groups excluding carboxylic acids is 1.